The van der Waals surface area contributed by atoms with Crippen molar-refractivity contribution in [3.8, 4) is 5.75 Å². The van der Waals surface area contributed by atoms with E-state index in [-0.39, 0.29) is 11.0 Å². The van der Waals surface area contributed by atoms with E-state index in [9.17, 15) is 0 Å². The van der Waals surface area contributed by atoms with Crippen LogP contribution in [0.1, 0.15) is 108 Å². The Kier molecular flexibility index (Phi) is 9.62. The largest absolute Gasteiger partial charge is 0.488 e. The first-order chi connectivity index (χ1) is 15.9. The quantitative estimate of drug-likeness (QED) is 0.331. The summed E-state index contributed by atoms with van der Waals surface area (Å²) in [6.45, 7) is 7.59. The zero-order chi connectivity index (χ0) is 23.6. The Morgan fingerprint density at radius 1 is 0.970 bits per heavy atom. The van der Waals surface area contributed by atoms with Crippen LogP contribution < -0.4 is 10.5 Å². The van der Waals surface area contributed by atoms with Crippen LogP contribution in [0.4, 0.5) is 0 Å². The Morgan fingerprint density at radius 3 is 2.45 bits per heavy atom. The normalized spacial score (nSPS) is 16.2. The third kappa shape index (κ3) is 8.03. The zero-order valence-corrected chi connectivity index (χ0v) is 21.2. The number of hydrogen-bond donors (Lipinski definition) is 1. The molecule has 0 amide bonds. The zero-order valence-electron chi connectivity index (χ0n) is 21.2. The predicted octanol–water partition coefficient (Wildman–Crippen LogP) is 8.58. The molecule has 0 bridgehead atoms. The van der Waals surface area contributed by atoms with E-state index in [1.165, 1.54) is 62.5 Å². The molecule has 0 unspecified atom stereocenters. The summed E-state index contributed by atoms with van der Waals surface area (Å²) in [4.78, 5) is 0. The topological polar surface area (TPSA) is 35.2 Å². The molecule has 3 rings (SSSR count). The molecule has 0 aliphatic heterocycles. The molecule has 2 heteroatoms. The average Bonchev–Trinajstić information content (AvgIpc) is 2.82. The van der Waals surface area contributed by atoms with E-state index in [0.29, 0.717) is 6.61 Å². The number of hydrogen-bond acceptors (Lipinski definition) is 2. The molecule has 0 spiro atoms. The monoisotopic (exact) mass is 447 g/mol. The molecule has 2 N–H and O–H groups in total. The summed E-state index contributed by atoms with van der Waals surface area (Å²) in [5.41, 5.74) is 10.5. The average molecular weight is 448 g/mol. The van der Waals surface area contributed by atoms with Crippen LogP contribution in [0.5, 0.6) is 5.75 Å². The summed E-state index contributed by atoms with van der Waals surface area (Å²) in [7, 11) is 0. The molecule has 0 aromatic heterocycles. The van der Waals surface area contributed by atoms with Crippen LogP contribution in [-0.4, -0.2) is 5.54 Å². The summed E-state index contributed by atoms with van der Waals surface area (Å²) in [5, 5.41) is 0. The van der Waals surface area contributed by atoms with Gasteiger partial charge in [-0.3, -0.25) is 0 Å². The first kappa shape index (κ1) is 25.6. The van der Waals surface area contributed by atoms with Gasteiger partial charge in [0.25, 0.3) is 0 Å². The van der Waals surface area contributed by atoms with Gasteiger partial charge >= 0.3 is 0 Å². The molecule has 33 heavy (non-hydrogen) atoms. The van der Waals surface area contributed by atoms with E-state index in [4.69, 9.17) is 10.5 Å². The van der Waals surface area contributed by atoms with Gasteiger partial charge in [-0.2, -0.15) is 0 Å². The van der Waals surface area contributed by atoms with Gasteiger partial charge in [-0.05, 0) is 48.3 Å². The molecule has 180 valence electrons. The first-order valence-electron chi connectivity index (χ1n) is 13.2. The molecule has 0 radical (unpaired) electrons. The van der Waals surface area contributed by atoms with Crippen LogP contribution >= 0.6 is 0 Å². The molecule has 0 heterocycles. The maximum atomic E-state index is 6.66. The van der Waals surface area contributed by atoms with Crippen molar-refractivity contribution < 1.29 is 4.74 Å². The van der Waals surface area contributed by atoms with Gasteiger partial charge in [-0.25, -0.2) is 0 Å². The smallest absolute Gasteiger partial charge is 0.127 e. The van der Waals surface area contributed by atoms with Crippen molar-refractivity contribution in [3.63, 3.8) is 0 Å². The minimum atomic E-state index is -0.0275. The van der Waals surface area contributed by atoms with Crippen LogP contribution in [0.15, 0.2) is 54.6 Å². The number of unbranched alkanes of at least 4 members (excludes halogenated alkanes) is 3. The minimum Gasteiger partial charge on any atom is -0.488 e. The van der Waals surface area contributed by atoms with Crippen LogP contribution in [0, 0.1) is 0 Å². The Hall–Kier alpha value is -2.06. The standard InChI is InChI=1S/C31H45NO/c1-4-5-6-11-20-30(2,3)28-19-18-27(17-14-23-31(32)21-12-8-13-22-31)29(24-28)33-25-26-15-9-7-10-16-26/h7,9-10,14-19,24H,4-6,8,11-13,20-23,25,32H2,1-3H3/b17-14-. The van der Waals surface area contributed by atoms with Crippen molar-refractivity contribution in [2.75, 3.05) is 0 Å². The Bertz CT molecular complexity index is 862. The number of ether oxygens (including phenoxy) is 1. The fourth-order valence-corrected chi connectivity index (χ4v) is 4.97. The Balaban J connectivity index is 1.76. The van der Waals surface area contributed by atoms with Crippen LogP contribution in [0.2, 0.25) is 0 Å². The summed E-state index contributed by atoms with van der Waals surface area (Å²) < 4.78 is 6.39. The predicted molar refractivity (Wildman–Crippen MR) is 143 cm³/mol. The summed E-state index contributed by atoms with van der Waals surface area (Å²) >= 11 is 0. The highest BCUT2D eigenvalue weighted by Gasteiger charge is 2.26. The molecular weight excluding hydrogens is 402 g/mol. The number of benzene rings is 2. The van der Waals surface area contributed by atoms with Gasteiger partial charge in [0.1, 0.15) is 12.4 Å². The fourth-order valence-electron chi connectivity index (χ4n) is 4.97. The lowest BCUT2D eigenvalue weighted by Gasteiger charge is -2.32. The summed E-state index contributed by atoms with van der Waals surface area (Å²) in [6.07, 6.45) is 18.0. The van der Waals surface area contributed by atoms with Crippen LogP contribution in [-0.2, 0) is 12.0 Å². The molecule has 2 aromatic rings. The lowest BCUT2D eigenvalue weighted by molar-refractivity contribution is 0.298. The lowest BCUT2D eigenvalue weighted by atomic mass is 9.79. The van der Waals surface area contributed by atoms with Crippen molar-refractivity contribution in [2.45, 2.75) is 109 Å². The molecule has 1 fully saturated rings. The van der Waals surface area contributed by atoms with Gasteiger partial charge in [0, 0.05) is 11.1 Å². The van der Waals surface area contributed by atoms with Gasteiger partial charge in [0.2, 0.25) is 0 Å². The van der Waals surface area contributed by atoms with E-state index in [0.717, 1.165) is 30.6 Å². The van der Waals surface area contributed by atoms with Crippen molar-refractivity contribution in [1.29, 1.82) is 0 Å². The highest BCUT2D eigenvalue weighted by molar-refractivity contribution is 5.59. The maximum absolute atomic E-state index is 6.66. The number of nitrogens with two attached hydrogens (primary N) is 1. The van der Waals surface area contributed by atoms with Crippen molar-refractivity contribution >= 4 is 6.08 Å². The minimum absolute atomic E-state index is 0.0275. The summed E-state index contributed by atoms with van der Waals surface area (Å²) in [5.74, 6) is 0.976. The van der Waals surface area contributed by atoms with Gasteiger partial charge < -0.3 is 10.5 Å². The third-order valence-corrected chi connectivity index (χ3v) is 7.36. The molecule has 1 aliphatic rings. The second kappa shape index (κ2) is 12.4. The second-order valence-electron chi connectivity index (χ2n) is 10.8. The van der Waals surface area contributed by atoms with Crippen LogP contribution in [0.3, 0.4) is 0 Å². The van der Waals surface area contributed by atoms with Crippen LogP contribution in [0.25, 0.3) is 6.08 Å². The van der Waals surface area contributed by atoms with E-state index in [2.05, 4.69) is 75.4 Å². The molecule has 1 aliphatic carbocycles. The van der Waals surface area contributed by atoms with E-state index < -0.39 is 0 Å². The fraction of sp³-hybridized carbons (Fsp3) is 0.548. The van der Waals surface area contributed by atoms with E-state index in [1.807, 2.05) is 6.07 Å². The Labute approximate surface area is 202 Å². The maximum Gasteiger partial charge on any atom is 0.127 e. The summed E-state index contributed by atoms with van der Waals surface area (Å²) in [6, 6.07) is 17.3. The van der Waals surface area contributed by atoms with Crippen molar-refractivity contribution in [2.24, 2.45) is 5.73 Å². The molecule has 0 atom stereocenters. The first-order valence-corrected chi connectivity index (χ1v) is 13.2. The molecule has 2 nitrogen and oxygen atoms in total. The molecule has 1 saturated carbocycles. The van der Waals surface area contributed by atoms with Gasteiger partial charge in [0.15, 0.2) is 0 Å². The molecule has 2 aromatic carbocycles. The van der Waals surface area contributed by atoms with E-state index in [1.54, 1.807) is 0 Å². The lowest BCUT2D eigenvalue weighted by Crippen LogP contribution is -2.40. The Morgan fingerprint density at radius 2 is 1.73 bits per heavy atom. The number of rotatable bonds is 12. The van der Waals surface area contributed by atoms with Gasteiger partial charge in [0.05, 0.1) is 0 Å². The van der Waals surface area contributed by atoms with Crippen molar-refractivity contribution in [3.05, 3.63) is 71.3 Å². The van der Waals surface area contributed by atoms with E-state index >= 15 is 0 Å². The highest BCUT2D eigenvalue weighted by Crippen LogP contribution is 2.35. The van der Waals surface area contributed by atoms with Gasteiger partial charge in [-0.1, -0.05) is 120 Å². The molecule has 0 saturated heterocycles. The third-order valence-electron chi connectivity index (χ3n) is 7.36. The SMILES string of the molecule is CCCCCCC(C)(C)c1ccc(/C=C\CC2(N)CCCCC2)c(OCc2ccccc2)c1. The van der Waals surface area contributed by atoms with Crippen molar-refractivity contribution in [1.82, 2.24) is 0 Å². The highest BCUT2D eigenvalue weighted by atomic mass is 16.5. The molecular formula is C31H45NO. The van der Waals surface area contributed by atoms with Gasteiger partial charge in [-0.15, -0.1) is 0 Å². The second-order valence-corrected chi connectivity index (χ2v) is 10.8.